The van der Waals surface area contributed by atoms with Crippen LogP contribution in [-0.4, -0.2) is 16.2 Å². The largest absolute Gasteiger partial charge is 0.507 e. The Labute approximate surface area is 57.5 Å². The van der Waals surface area contributed by atoms with Crippen molar-refractivity contribution < 1.29 is 15.0 Å². The summed E-state index contributed by atoms with van der Waals surface area (Å²) in [5.41, 5.74) is 0.123. The van der Waals surface area contributed by atoms with E-state index in [0.717, 1.165) is 0 Å². The number of benzene rings is 1. The van der Waals surface area contributed by atoms with Crippen LogP contribution in [-0.2, 0) is 0 Å². The highest BCUT2D eigenvalue weighted by Crippen LogP contribution is 2.07. The molecule has 0 spiro atoms. The van der Waals surface area contributed by atoms with Crippen LogP contribution in [0.4, 0.5) is 0 Å². The van der Waals surface area contributed by atoms with Crippen LogP contribution < -0.4 is 0 Å². The molecule has 0 fully saturated rings. The summed E-state index contributed by atoms with van der Waals surface area (Å²) in [7, 11) is 0. The van der Waals surface area contributed by atoms with Gasteiger partial charge in [0.15, 0.2) is 0 Å². The second-order valence-electron chi connectivity index (χ2n) is 1.77. The summed E-state index contributed by atoms with van der Waals surface area (Å²) in [5.74, 6) is -1.07. The first-order valence-corrected chi connectivity index (χ1v) is 2.64. The lowest BCUT2D eigenvalue weighted by Crippen LogP contribution is -1.94. The molecule has 1 aromatic carbocycles. The third-order valence-electron chi connectivity index (χ3n) is 1.04. The zero-order chi connectivity index (χ0) is 7.56. The first kappa shape index (κ1) is 6.61. The second kappa shape index (κ2) is 2.39. The summed E-state index contributed by atoms with van der Waals surface area (Å²) in [5, 5.41) is 17.1. The van der Waals surface area contributed by atoms with E-state index in [1.807, 2.05) is 0 Å². The molecule has 1 aromatic rings. The highest BCUT2D eigenvalue weighted by molar-refractivity contribution is 5.87. The van der Waals surface area contributed by atoms with E-state index >= 15 is 0 Å². The van der Waals surface area contributed by atoms with Gasteiger partial charge in [0.2, 0.25) is 0 Å². The van der Waals surface area contributed by atoms with E-state index in [0.29, 0.717) is 0 Å². The molecule has 51 valence electrons. The fraction of sp³-hybridized carbons (Fsp3) is 0. The average molecular weight is 137 g/mol. The Bertz CT molecular complexity index is 238. The Kier molecular flexibility index (Phi) is 1.58. The van der Waals surface area contributed by atoms with Crippen molar-refractivity contribution in [3.63, 3.8) is 0 Å². The van der Waals surface area contributed by atoms with Crippen molar-refractivity contribution in [1.82, 2.24) is 0 Å². The summed E-state index contributed by atoms with van der Waals surface area (Å²) < 4.78 is 0. The molecule has 0 heterocycles. The summed E-state index contributed by atoms with van der Waals surface area (Å²) in [6.07, 6.45) is 0. The molecule has 0 aromatic heterocycles. The minimum Gasteiger partial charge on any atom is -0.507 e. The molecule has 0 aliphatic carbocycles. The van der Waals surface area contributed by atoms with Crippen LogP contribution in [0.5, 0.6) is 5.75 Å². The van der Waals surface area contributed by atoms with Gasteiger partial charge in [-0.1, -0.05) is 0 Å². The molecule has 0 saturated carbocycles. The molecule has 10 heavy (non-hydrogen) atoms. The number of rotatable bonds is 1. The zero-order valence-electron chi connectivity index (χ0n) is 5.03. The normalized spacial score (nSPS) is 9.20. The van der Waals surface area contributed by atoms with Gasteiger partial charge in [-0.15, -0.1) is 0 Å². The van der Waals surface area contributed by atoms with Crippen molar-refractivity contribution in [3.8, 4) is 5.75 Å². The maximum absolute atomic E-state index is 10.2. The lowest BCUT2D eigenvalue weighted by atomic mass is 10.2. The fourth-order valence-corrected chi connectivity index (χ4v) is 0.550. The minimum absolute atomic E-state index is 0.0509. The van der Waals surface area contributed by atoms with E-state index in [4.69, 9.17) is 10.2 Å². The molecule has 1 rings (SSSR count). The predicted octanol–water partition coefficient (Wildman–Crippen LogP) is 0.891. The summed E-state index contributed by atoms with van der Waals surface area (Å²) in [6.45, 7) is 0. The van der Waals surface area contributed by atoms with Crippen LogP contribution in [0.15, 0.2) is 18.2 Å². The Morgan fingerprint density at radius 1 is 1.50 bits per heavy atom. The molecule has 0 bridgehead atoms. The van der Waals surface area contributed by atoms with Gasteiger partial charge in [0.1, 0.15) is 5.75 Å². The van der Waals surface area contributed by atoms with Crippen LogP contribution in [0, 0.1) is 6.07 Å². The van der Waals surface area contributed by atoms with Crippen molar-refractivity contribution in [1.29, 1.82) is 0 Å². The Balaban J connectivity index is 3.00. The molecule has 0 unspecified atom stereocenters. The van der Waals surface area contributed by atoms with Crippen LogP contribution in [0.3, 0.4) is 0 Å². The number of aromatic hydroxyl groups is 1. The average Bonchev–Trinajstić information content (AvgIpc) is 1.88. The second-order valence-corrected chi connectivity index (χ2v) is 1.77. The molecule has 0 saturated heterocycles. The summed E-state index contributed by atoms with van der Waals surface area (Å²) >= 11 is 0. The van der Waals surface area contributed by atoms with Crippen LogP contribution in [0.25, 0.3) is 0 Å². The first-order chi connectivity index (χ1) is 4.70. The van der Waals surface area contributed by atoms with Crippen molar-refractivity contribution >= 4 is 5.97 Å². The third kappa shape index (κ3) is 1.25. The number of carbonyl (C=O) groups is 1. The van der Waals surface area contributed by atoms with Gasteiger partial charge in [-0.3, -0.25) is 0 Å². The number of carboxylic acids is 1. The number of phenols is 1. The van der Waals surface area contributed by atoms with Crippen LogP contribution in [0.2, 0.25) is 0 Å². The number of hydrogen-bond acceptors (Lipinski definition) is 2. The SMILES string of the molecule is O=C(O)c1c[c]c(O)cc1. The van der Waals surface area contributed by atoms with Gasteiger partial charge in [-0.25, -0.2) is 4.79 Å². The van der Waals surface area contributed by atoms with Gasteiger partial charge in [0.05, 0.1) is 5.56 Å². The highest BCUT2D eigenvalue weighted by Gasteiger charge is 1.99. The molecule has 1 radical (unpaired) electrons. The molecule has 0 atom stereocenters. The lowest BCUT2D eigenvalue weighted by molar-refractivity contribution is 0.0697. The topological polar surface area (TPSA) is 57.5 Å². The molecule has 0 aliphatic rings. The molecular formula is C7H5O3. The molecule has 3 heteroatoms. The number of aromatic carboxylic acids is 1. The van der Waals surface area contributed by atoms with Crippen molar-refractivity contribution in [2.75, 3.05) is 0 Å². The van der Waals surface area contributed by atoms with E-state index in [1.54, 1.807) is 0 Å². The van der Waals surface area contributed by atoms with Gasteiger partial charge in [0.25, 0.3) is 0 Å². The molecule has 0 amide bonds. The van der Waals surface area contributed by atoms with Crippen LogP contribution >= 0.6 is 0 Å². The predicted molar refractivity (Wildman–Crippen MR) is 33.9 cm³/mol. The van der Waals surface area contributed by atoms with Gasteiger partial charge >= 0.3 is 5.97 Å². The van der Waals surface area contributed by atoms with Crippen molar-refractivity contribution in [2.45, 2.75) is 0 Å². The van der Waals surface area contributed by atoms with Crippen LogP contribution in [0.1, 0.15) is 10.4 Å². The first-order valence-electron chi connectivity index (χ1n) is 2.64. The van der Waals surface area contributed by atoms with Gasteiger partial charge in [-0.05, 0) is 18.2 Å². The lowest BCUT2D eigenvalue weighted by Gasteiger charge is -1.91. The van der Waals surface area contributed by atoms with E-state index in [1.165, 1.54) is 18.2 Å². The Hall–Kier alpha value is -1.51. The maximum Gasteiger partial charge on any atom is 0.335 e. The molecular weight excluding hydrogens is 132 g/mol. The van der Waals surface area contributed by atoms with Crippen molar-refractivity contribution in [3.05, 3.63) is 29.8 Å². The number of hydrogen-bond donors (Lipinski definition) is 2. The molecule has 0 aliphatic heterocycles. The fourth-order valence-electron chi connectivity index (χ4n) is 0.550. The number of phenolic OH excluding ortho intramolecular Hbond substituents is 1. The van der Waals surface area contributed by atoms with E-state index < -0.39 is 5.97 Å². The monoisotopic (exact) mass is 137 g/mol. The van der Waals surface area contributed by atoms with E-state index in [2.05, 4.69) is 6.07 Å². The summed E-state index contributed by atoms with van der Waals surface area (Å²) in [6, 6.07) is 6.17. The highest BCUT2D eigenvalue weighted by atomic mass is 16.4. The third-order valence-corrected chi connectivity index (χ3v) is 1.04. The minimum atomic E-state index is -1.02. The van der Waals surface area contributed by atoms with Gasteiger partial charge in [0, 0.05) is 6.07 Å². The number of carboxylic acid groups (broad SMARTS) is 1. The maximum atomic E-state index is 10.2. The van der Waals surface area contributed by atoms with Crippen molar-refractivity contribution in [2.24, 2.45) is 0 Å². The van der Waals surface area contributed by atoms with Gasteiger partial charge < -0.3 is 10.2 Å². The van der Waals surface area contributed by atoms with E-state index in [9.17, 15) is 4.79 Å². The smallest absolute Gasteiger partial charge is 0.335 e. The molecule has 3 nitrogen and oxygen atoms in total. The molecule has 2 N–H and O–H groups in total. The zero-order valence-corrected chi connectivity index (χ0v) is 5.03. The standard InChI is InChI=1S/C7H5O3/c8-6-3-1-5(2-4-6)7(9)10/h1-3,8H,(H,9,10). The van der Waals surface area contributed by atoms with Gasteiger partial charge in [-0.2, -0.15) is 0 Å². The Morgan fingerprint density at radius 3 is 2.60 bits per heavy atom. The van der Waals surface area contributed by atoms with E-state index in [-0.39, 0.29) is 11.3 Å². The quantitative estimate of drug-likeness (QED) is 0.604. The Morgan fingerprint density at radius 2 is 2.20 bits per heavy atom. The summed E-state index contributed by atoms with van der Waals surface area (Å²) in [4.78, 5) is 10.2.